The topological polar surface area (TPSA) is 3.24 Å². The van der Waals surface area contributed by atoms with E-state index in [9.17, 15) is 0 Å². The fraction of sp³-hybridized carbons (Fsp3) is 0.600. The van der Waals surface area contributed by atoms with E-state index in [1.54, 1.807) is 0 Å². The molecule has 1 aliphatic heterocycles. The average molecular weight is 215 g/mol. The lowest BCUT2D eigenvalue weighted by molar-refractivity contribution is 0.0690. The third-order valence-electron chi connectivity index (χ3n) is 4.27. The summed E-state index contributed by atoms with van der Waals surface area (Å²) in [7, 11) is 0. The molecule has 0 aromatic heterocycles. The highest BCUT2D eigenvalue weighted by atomic mass is 15.2. The van der Waals surface area contributed by atoms with Crippen molar-refractivity contribution < 1.29 is 0 Å². The van der Waals surface area contributed by atoms with Gasteiger partial charge in [-0.2, -0.15) is 0 Å². The molecule has 1 saturated carbocycles. The van der Waals surface area contributed by atoms with Gasteiger partial charge in [0.05, 0.1) is 0 Å². The van der Waals surface area contributed by atoms with E-state index >= 15 is 0 Å². The van der Waals surface area contributed by atoms with Crippen molar-refractivity contribution in [3.8, 4) is 0 Å². The van der Waals surface area contributed by atoms with E-state index in [2.05, 4.69) is 35.2 Å². The number of benzene rings is 1. The number of hydrogen-bond acceptors (Lipinski definition) is 1. The molecule has 0 amide bonds. The van der Waals surface area contributed by atoms with Gasteiger partial charge in [-0.3, -0.25) is 4.90 Å². The molecule has 0 spiro atoms. The maximum Gasteiger partial charge on any atom is 0.00957 e. The summed E-state index contributed by atoms with van der Waals surface area (Å²) in [6.07, 6.45) is 7.27. The normalized spacial score (nSPS) is 24.2. The second-order valence-corrected chi connectivity index (χ2v) is 5.35. The van der Waals surface area contributed by atoms with E-state index in [0.29, 0.717) is 0 Å². The largest absolute Gasteiger partial charge is 0.299 e. The lowest BCUT2D eigenvalue weighted by atomic mass is 9.86. The molecule has 16 heavy (non-hydrogen) atoms. The third-order valence-corrected chi connectivity index (χ3v) is 4.27. The van der Waals surface area contributed by atoms with Gasteiger partial charge >= 0.3 is 0 Å². The Labute approximate surface area is 98.5 Å². The van der Waals surface area contributed by atoms with Crippen molar-refractivity contribution in [3.05, 3.63) is 35.9 Å². The molecule has 2 aliphatic rings. The van der Waals surface area contributed by atoms with E-state index in [4.69, 9.17) is 0 Å². The average Bonchev–Trinajstić information content (AvgIpc) is 2.30. The first kappa shape index (κ1) is 10.3. The van der Waals surface area contributed by atoms with Crippen molar-refractivity contribution >= 4 is 0 Å². The Balaban J connectivity index is 1.54. The summed E-state index contributed by atoms with van der Waals surface area (Å²) in [5, 5.41) is 0. The lowest BCUT2D eigenvalue weighted by Gasteiger charge is -2.46. The van der Waals surface area contributed by atoms with Gasteiger partial charge in [0.1, 0.15) is 0 Å². The monoisotopic (exact) mass is 215 g/mol. The van der Waals surface area contributed by atoms with Crippen LogP contribution in [0.2, 0.25) is 0 Å². The minimum absolute atomic E-state index is 0.808. The molecular weight excluding hydrogens is 194 g/mol. The molecule has 1 aromatic carbocycles. The fourth-order valence-corrected chi connectivity index (χ4v) is 3.19. The molecule has 1 heteroatoms. The molecule has 2 fully saturated rings. The second kappa shape index (κ2) is 4.58. The minimum atomic E-state index is 0.808. The third kappa shape index (κ3) is 2.01. The summed E-state index contributed by atoms with van der Waals surface area (Å²) in [6, 6.07) is 11.9. The SMILES string of the molecule is c1ccc(C2CN(C3CCCCC3)C2)cc1. The zero-order valence-electron chi connectivity index (χ0n) is 9.94. The summed E-state index contributed by atoms with van der Waals surface area (Å²) < 4.78 is 0. The van der Waals surface area contributed by atoms with Crippen molar-refractivity contribution in [2.45, 2.75) is 44.1 Å². The van der Waals surface area contributed by atoms with Crippen LogP contribution >= 0.6 is 0 Å². The van der Waals surface area contributed by atoms with Crippen LogP contribution in [0.5, 0.6) is 0 Å². The number of rotatable bonds is 2. The van der Waals surface area contributed by atoms with Crippen molar-refractivity contribution in [2.75, 3.05) is 13.1 Å². The van der Waals surface area contributed by atoms with Crippen LogP contribution in [0.15, 0.2) is 30.3 Å². The van der Waals surface area contributed by atoms with Crippen molar-refractivity contribution in [1.82, 2.24) is 4.90 Å². The zero-order valence-corrected chi connectivity index (χ0v) is 9.94. The van der Waals surface area contributed by atoms with Gasteiger partial charge in [0.25, 0.3) is 0 Å². The molecule has 0 bridgehead atoms. The highest BCUT2D eigenvalue weighted by Gasteiger charge is 2.33. The molecular formula is C15H21N. The molecule has 1 saturated heterocycles. The number of hydrogen-bond donors (Lipinski definition) is 0. The first-order valence-corrected chi connectivity index (χ1v) is 6.72. The standard InChI is InChI=1S/C15H21N/c1-3-7-13(8-4-1)14-11-16(12-14)15-9-5-2-6-10-15/h1,3-4,7-8,14-15H,2,5-6,9-12H2. The quantitative estimate of drug-likeness (QED) is 0.730. The highest BCUT2D eigenvalue weighted by Crippen LogP contribution is 2.33. The van der Waals surface area contributed by atoms with Gasteiger partial charge < -0.3 is 0 Å². The first-order valence-electron chi connectivity index (χ1n) is 6.72. The minimum Gasteiger partial charge on any atom is -0.299 e. The molecule has 86 valence electrons. The van der Waals surface area contributed by atoms with E-state index in [0.717, 1.165) is 12.0 Å². The number of likely N-dealkylation sites (tertiary alicyclic amines) is 1. The van der Waals surface area contributed by atoms with E-state index in [1.807, 2.05) is 0 Å². The van der Waals surface area contributed by atoms with Crippen LogP contribution < -0.4 is 0 Å². The Bertz CT molecular complexity index is 321. The highest BCUT2D eigenvalue weighted by molar-refractivity contribution is 5.22. The summed E-state index contributed by atoms with van der Waals surface area (Å²) >= 11 is 0. The van der Waals surface area contributed by atoms with Crippen molar-refractivity contribution in [1.29, 1.82) is 0 Å². The fourth-order valence-electron chi connectivity index (χ4n) is 3.19. The summed E-state index contributed by atoms with van der Waals surface area (Å²) in [5.74, 6) is 0.808. The second-order valence-electron chi connectivity index (χ2n) is 5.35. The molecule has 1 heterocycles. The van der Waals surface area contributed by atoms with Gasteiger partial charge in [-0.25, -0.2) is 0 Å². The van der Waals surface area contributed by atoms with Gasteiger partial charge in [-0.05, 0) is 18.4 Å². The van der Waals surface area contributed by atoms with Crippen molar-refractivity contribution in [2.24, 2.45) is 0 Å². The predicted molar refractivity (Wildman–Crippen MR) is 67.6 cm³/mol. The Hall–Kier alpha value is -0.820. The maximum absolute atomic E-state index is 2.71. The predicted octanol–water partition coefficient (Wildman–Crippen LogP) is 3.42. The zero-order chi connectivity index (χ0) is 10.8. The Morgan fingerprint density at radius 2 is 1.56 bits per heavy atom. The molecule has 1 aromatic rings. The maximum atomic E-state index is 2.71. The first-order chi connectivity index (χ1) is 7.93. The smallest absolute Gasteiger partial charge is 0.00957 e. The van der Waals surface area contributed by atoms with Gasteiger partial charge in [-0.15, -0.1) is 0 Å². The van der Waals surface area contributed by atoms with Crippen LogP contribution in [0.1, 0.15) is 43.6 Å². The summed E-state index contributed by atoms with van der Waals surface area (Å²) in [4.78, 5) is 2.71. The Morgan fingerprint density at radius 3 is 2.25 bits per heavy atom. The van der Waals surface area contributed by atoms with Crippen molar-refractivity contribution in [3.63, 3.8) is 0 Å². The summed E-state index contributed by atoms with van der Waals surface area (Å²) in [5.41, 5.74) is 1.54. The molecule has 1 nitrogen and oxygen atoms in total. The van der Waals surface area contributed by atoms with Crippen LogP contribution in [-0.4, -0.2) is 24.0 Å². The molecule has 0 atom stereocenters. The molecule has 0 unspecified atom stereocenters. The molecule has 0 N–H and O–H groups in total. The molecule has 0 radical (unpaired) electrons. The van der Waals surface area contributed by atoms with Crippen LogP contribution in [-0.2, 0) is 0 Å². The van der Waals surface area contributed by atoms with Crippen LogP contribution in [0, 0.1) is 0 Å². The molecule has 1 aliphatic carbocycles. The van der Waals surface area contributed by atoms with Crippen LogP contribution in [0.3, 0.4) is 0 Å². The summed E-state index contributed by atoms with van der Waals surface area (Å²) in [6.45, 7) is 2.60. The molecule has 3 rings (SSSR count). The van der Waals surface area contributed by atoms with E-state index < -0.39 is 0 Å². The van der Waals surface area contributed by atoms with Gasteiger partial charge in [0.2, 0.25) is 0 Å². The van der Waals surface area contributed by atoms with E-state index in [-0.39, 0.29) is 0 Å². The lowest BCUT2D eigenvalue weighted by Crippen LogP contribution is -2.51. The van der Waals surface area contributed by atoms with E-state index in [1.165, 1.54) is 50.8 Å². The van der Waals surface area contributed by atoms with Crippen LogP contribution in [0.4, 0.5) is 0 Å². The van der Waals surface area contributed by atoms with Gasteiger partial charge in [0, 0.05) is 25.0 Å². The van der Waals surface area contributed by atoms with Gasteiger partial charge in [0.15, 0.2) is 0 Å². The van der Waals surface area contributed by atoms with Gasteiger partial charge in [-0.1, -0.05) is 49.6 Å². The number of nitrogens with zero attached hydrogens (tertiary/aromatic N) is 1. The Kier molecular flexibility index (Phi) is 2.96. The Morgan fingerprint density at radius 1 is 0.875 bits per heavy atom. The van der Waals surface area contributed by atoms with Crippen LogP contribution in [0.25, 0.3) is 0 Å².